The fraction of sp³-hybridized carbons (Fsp3) is 0.818. The third kappa shape index (κ3) is 4.59. The van der Waals surface area contributed by atoms with Crippen LogP contribution in [0.4, 0.5) is 13.2 Å². The van der Waals surface area contributed by atoms with Crippen molar-refractivity contribution in [3.05, 3.63) is 35.5 Å². The third-order valence-electron chi connectivity index (χ3n) is 12.5. The van der Waals surface area contributed by atoms with Crippen molar-refractivity contribution < 1.29 is 42.3 Å². The van der Waals surface area contributed by atoms with E-state index in [0.29, 0.717) is 71.4 Å². The summed E-state index contributed by atoms with van der Waals surface area (Å²) in [6, 6.07) is 0. The molecule has 8 atom stereocenters. The fourth-order valence-electron chi connectivity index (χ4n) is 10.4. The van der Waals surface area contributed by atoms with Crippen molar-refractivity contribution >= 4 is 0 Å². The van der Waals surface area contributed by atoms with Gasteiger partial charge in [0.25, 0.3) is 0 Å². The molecule has 0 amide bonds. The summed E-state index contributed by atoms with van der Waals surface area (Å²) in [6.45, 7) is 6.27. The normalized spacial score (nSPS) is 46.3. The summed E-state index contributed by atoms with van der Waals surface area (Å²) in [5.41, 5.74) is -0.813. The molecule has 1 spiro atoms. The van der Waals surface area contributed by atoms with Gasteiger partial charge in [-0.3, -0.25) is 0 Å². The topological polar surface area (TPSA) is 77.4 Å². The minimum atomic E-state index is -4.48. The first kappa shape index (κ1) is 29.5. The van der Waals surface area contributed by atoms with Gasteiger partial charge in [-0.05, 0) is 93.6 Å². The summed E-state index contributed by atoms with van der Waals surface area (Å²) >= 11 is 0. The zero-order valence-corrected chi connectivity index (χ0v) is 24.8. The van der Waals surface area contributed by atoms with Gasteiger partial charge in [0, 0.05) is 30.3 Å². The zero-order chi connectivity index (χ0) is 29.6. The average molecular weight is 595 g/mol. The van der Waals surface area contributed by atoms with Gasteiger partial charge in [-0.2, -0.15) is 13.2 Å². The first-order valence-electron chi connectivity index (χ1n) is 16.0. The lowest BCUT2D eigenvalue weighted by Crippen LogP contribution is -2.56. The van der Waals surface area contributed by atoms with Crippen LogP contribution in [0.5, 0.6) is 0 Å². The van der Waals surface area contributed by atoms with E-state index in [1.54, 1.807) is 0 Å². The first-order valence-corrected chi connectivity index (χ1v) is 16.0. The number of hydrogen-bond donors (Lipinski definition) is 2. The summed E-state index contributed by atoms with van der Waals surface area (Å²) in [4.78, 5) is 0. The van der Waals surface area contributed by atoms with E-state index in [2.05, 4.69) is 12.2 Å². The number of aliphatic hydroxyl groups is 2. The van der Waals surface area contributed by atoms with Crippen LogP contribution < -0.4 is 0 Å². The van der Waals surface area contributed by atoms with Gasteiger partial charge in [-0.1, -0.05) is 24.6 Å². The number of rotatable bonds is 3. The van der Waals surface area contributed by atoms with E-state index in [4.69, 9.17) is 18.9 Å². The van der Waals surface area contributed by atoms with Crippen molar-refractivity contribution in [1.29, 1.82) is 0 Å². The first-order chi connectivity index (χ1) is 19.8. The van der Waals surface area contributed by atoms with Gasteiger partial charge in [0.05, 0.1) is 37.6 Å². The molecule has 0 aromatic heterocycles. The van der Waals surface area contributed by atoms with E-state index in [9.17, 15) is 23.4 Å². The predicted octanol–water partition coefficient (Wildman–Crippen LogP) is 5.98. The van der Waals surface area contributed by atoms with E-state index >= 15 is 0 Å². The van der Waals surface area contributed by atoms with Crippen LogP contribution in [-0.2, 0) is 18.9 Å². The van der Waals surface area contributed by atoms with Gasteiger partial charge in [0.2, 0.25) is 0 Å². The van der Waals surface area contributed by atoms with Gasteiger partial charge < -0.3 is 29.2 Å². The van der Waals surface area contributed by atoms with Crippen molar-refractivity contribution in [3.63, 3.8) is 0 Å². The molecular weight excluding hydrogens is 549 g/mol. The maximum atomic E-state index is 13.3. The van der Waals surface area contributed by atoms with Crippen LogP contribution >= 0.6 is 0 Å². The van der Waals surface area contributed by atoms with Crippen LogP contribution in [0, 0.1) is 35.0 Å². The van der Waals surface area contributed by atoms with Gasteiger partial charge >= 0.3 is 6.18 Å². The Hall–Kier alpha value is -1.23. The SMILES string of the molecule is CC1(C2C=CC(C3CC4(C)C(CCC4(O)C=CC(F)(F)F)C4CCC5(O)CC6(CCC5=C34)OCCO6)CC2)OCCO1. The fourth-order valence-corrected chi connectivity index (χ4v) is 10.4. The highest BCUT2D eigenvalue weighted by molar-refractivity contribution is 5.39. The molecule has 2 saturated heterocycles. The van der Waals surface area contributed by atoms with Crippen molar-refractivity contribution in [2.75, 3.05) is 26.4 Å². The lowest BCUT2D eigenvalue weighted by Gasteiger charge is -2.58. The molecule has 8 unspecified atom stereocenters. The highest BCUT2D eigenvalue weighted by Crippen LogP contribution is 2.68. The minimum Gasteiger partial charge on any atom is -0.385 e. The maximum absolute atomic E-state index is 13.3. The van der Waals surface area contributed by atoms with Crippen LogP contribution in [0.25, 0.3) is 0 Å². The average Bonchev–Trinajstić information content (AvgIpc) is 3.65. The smallest absolute Gasteiger partial charge is 0.385 e. The van der Waals surface area contributed by atoms with Crippen LogP contribution in [0.2, 0.25) is 0 Å². The summed E-state index contributed by atoms with van der Waals surface area (Å²) in [5.74, 6) is -0.869. The van der Waals surface area contributed by atoms with E-state index in [1.807, 2.05) is 13.8 Å². The number of hydrogen-bond acceptors (Lipinski definition) is 6. The molecule has 3 saturated carbocycles. The molecular formula is C33H45F3O6. The predicted molar refractivity (Wildman–Crippen MR) is 148 cm³/mol. The Balaban J connectivity index is 1.28. The van der Waals surface area contributed by atoms with E-state index in [0.717, 1.165) is 30.9 Å². The molecule has 7 aliphatic rings. The molecule has 0 bridgehead atoms. The van der Waals surface area contributed by atoms with Crippen molar-refractivity contribution in [1.82, 2.24) is 0 Å². The minimum absolute atomic E-state index is 0.0249. The van der Waals surface area contributed by atoms with Crippen molar-refractivity contribution in [3.8, 4) is 0 Å². The molecule has 2 aliphatic heterocycles. The number of ether oxygens (including phenoxy) is 4. The van der Waals surface area contributed by atoms with E-state index in [1.165, 1.54) is 5.57 Å². The molecule has 0 aromatic rings. The third-order valence-corrected chi connectivity index (χ3v) is 12.5. The van der Waals surface area contributed by atoms with Crippen molar-refractivity contribution in [2.45, 2.75) is 107 Å². The highest BCUT2D eigenvalue weighted by atomic mass is 19.4. The monoisotopic (exact) mass is 594 g/mol. The Morgan fingerprint density at radius 3 is 2.24 bits per heavy atom. The zero-order valence-electron chi connectivity index (χ0n) is 24.8. The summed E-state index contributed by atoms with van der Waals surface area (Å²) in [5, 5.41) is 24.1. The quantitative estimate of drug-likeness (QED) is 0.392. The molecule has 2 N–H and O–H groups in total. The van der Waals surface area contributed by atoms with Gasteiger partial charge in [-0.25, -0.2) is 0 Å². The van der Waals surface area contributed by atoms with Crippen molar-refractivity contribution in [2.24, 2.45) is 35.0 Å². The van der Waals surface area contributed by atoms with E-state index in [-0.39, 0.29) is 35.7 Å². The maximum Gasteiger partial charge on any atom is 0.409 e. The molecule has 7 rings (SSSR count). The lowest BCUT2D eigenvalue weighted by atomic mass is 9.48. The van der Waals surface area contributed by atoms with Gasteiger partial charge in [0.1, 0.15) is 0 Å². The Kier molecular flexibility index (Phi) is 6.94. The molecule has 0 aromatic carbocycles. The largest absolute Gasteiger partial charge is 0.409 e. The highest BCUT2D eigenvalue weighted by Gasteiger charge is 2.65. The van der Waals surface area contributed by atoms with Gasteiger partial charge in [-0.15, -0.1) is 0 Å². The summed E-state index contributed by atoms with van der Waals surface area (Å²) in [6.07, 6.45) is 7.78. The molecule has 234 valence electrons. The standard InChI is InChI=1S/C33H45F3O6/c1-28-19-24(21-3-5-22(6-4-21)29(2)39-15-16-40-29)27-23(25(28)8-11-31(28,38)13-14-33(34,35)36)7-10-30(37)20-32(12-9-26(27)30)41-17-18-42-32/h3,5,13-14,21-25,37-38H,4,6-12,15-20H2,1-2H3. The molecule has 5 aliphatic carbocycles. The molecule has 5 fully saturated rings. The second-order valence-corrected chi connectivity index (χ2v) is 14.5. The molecule has 9 heteroatoms. The number of fused-ring (bicyclic) bond motifs is 4. The van der Waals surface area contributed by atoms with Crippen LogP contribution in [0.3, 0.4) is 0 Å². The Labute approximate surface area is 246 Å². The van der Waals surface area contributed by atoms with Gasteiger partial charge in [0.15, 0.2) is 11.6 Å². The Bertz CT molecular complexity index is 1170. The lowest BCUT2D eigenvalue weighted by molar-refractivity contribution is -0.208. The number of halogens is 3. The number of allylic oxidation sites excluding steroid dienone is 3. The Morgan fingerprint density at radius 1 is 0.857 bits per heavy atom. The second-order valence-electron chi connectivity index (χ2n) is 14.5. The molecule has 42 heavy (non-hydrogen) atoms. The molecule has 0 radical (unpaired) electrons. The summed E-state index contributed by atoms with van der Waals surface area (Å²) in [7, 11) is 0. The number of alkyl halides is 3. The molecule has 2 heterocycles. The van der Waals surface area contributed by atoms with E-state index < -0.39 is 34.4 Å². The molecule has 6 nitrogen and oxygen atoms in total. The van der Waals surface area contributed by atoms with Crippen LogP contribution in [0.15, 0.2) is 35.5 Å². The second kappa shape index (κ2) is 9.88. The Morgan fingerprint density at radius 2 is 1.57 bits per heavy atom. The van der Waals surface area contributed by atoms with Crippen LogP contribution in [-0.4, -0.2) is 65.6 Å². The summed E-state index contributed by atoms with van der Waals surface area (Å²) < 4.78 is 64.0. The van der Waals surface area contributed by atoms with Crippen LogP contribution in [0.1, 0.15) is 78.1 Å².